The zero-order valence-electron chi connectivity index (χ0n) is 7.40. The third-order valence-electron chi connectivity index (χ3n) is 2.19. The van der Waals surface area contributed by atoms with Crippen molar-refractivity contribution < 1.29 is 4.79 Å². The van der Waals surface area contributed by atoms with Crippen molar-refractivity contribution in [3.8, 4) is 0 Å². The molecule has 0 radical (unpaired) electrons. The first-order valence-corrected chi connectivity index (χ1v) is 4.00. The second-order valence-electron chi connectivity index (χ2n) is 3.84. The molecule has 64 valence electrons. The second-order valence-corrected chi connectivity index (χ2v) is 3.84. The van der Waals surface area contributed by atoms with Crippen molar-refractivity contribution in [2.24, 2.45) is 5.41 Å². The van der Waals surface area contributed by atoms with E-state index in [0.29, 0.717) is 18.0 Å². The van der Waals surface area contributed by atoms with Gasteiger partial charge in [0.2, 0.25) is 5.91 Å². The van der Waals surface area contributed by atoms with Crippen LogP contribution in [0.2, 0.25) is 0 Å². The molecule has 0 aromatic carbocycles. The van der Waals surface area contributed by atoms with E-state index in [-0.39, 0.29) is 5.91 Å². The van der Waals surface area contributed by atoms with Gasteiger partial charge in [-0.25, -0.2) is 0 Å². The Kier molecular flexibility index (Phi) is 2.18. The first-order chi connectivity index (χ1) is 5.06. The summed E-state index contributed by atoms with van der Waals surface area (Å²) in [6.45, 7) is 4.75. The van der Waals surface area contributed by atoms with Crippen LogP contribution in [-0.2, 0) is 4.79 Å². The van der Waals surface area contributed by atoms with Crippen molar-refractivity contribution in [2.75, 3.05) is 13.6 Å². The molecule has 1 fully saturated rings. The smallest absolute Gasteiger partial charge is 0.234 e. The van der Waals surface area contributed by atoms with Crippen molar-refractivity contribution in [2.45, 2.75) is 26.3 Å². The van der Waals surface area contributed by atoms with Gasteiger partial charge in [0.15, 0.2) is 0 Å². The van der Waals surface area contributed by atoms with Crippen LogP contribution < -0.4 is 10.6 Å². The highest BCUT2D eigenvalue weighted by Gasteiger charge is 2.46. The van der Waals surface area contributed by atoms with Crippen LogP contribution in [0.1, 0.15) is 20.3 Å². The lowest BCUT2D eigenvalue weighted by molar-refractivity contribution is -0.120. The monoisotopic (exact) mass is 156 g/mol. The molecular weight excluding hydrogens is 140 g/mol. The van der Waals surface area contributed by atoms with E-state index in [2.05, 4.69) is 24.5 Å². The topological polar surface area (TPSA) is 41.1 Å². The molecule has 11 heavy (non-hydrogen) atoms. The van der Waals surface area contributed by atoms with Crippen molar-refractivity contribution in [1.82, 2.24) is 10.6 Å². The highest BCUT2D eigenvalue weighted by Crippen LogP contribution is 2.44. The molecule has 3 heteroatoms. The first-order valence-electron chi connectivity index (χ1n) is 4.00. The van der Waals surface area contributed by atoms with E-state index in [1.54, 1.807) is 7.05 Å². The number of likely N-dealkylation sites (N-methyl/N-ethyl adjacent to an activating group) is 1. The molecule has 0 bridgehead atoms. The zero-order valence-corrected chi connectivity index (χ0v) is 7.40. The maximum absolute atomic E-state index is 11.0. The molecule has 1 saturated carbocycles. The SMILES string of the molecule is CNCC(=O)NC1CC1(C)C. The van der Waals surface area contributed by atoms with Crippen LogP contribution >= 0.6 is 0 Å². The van der Waals surface area contributed by atoms with Gasteiger partial charge in [-0.1, -0.05) is 13.8 Å². The highest BCUT2D eigenvalue weighted by atomic mass is 16.2. The summed E-state index contributed by atoms with van der Waals surface area (Å²) in [6.07, 6.45) is 1.11. The lowest BCUT2D eigenvalue weighted by Gasteiger charge is -2.05. The minimum absolute atomic E-state index is 0.100. The Hall–Kier alpha value is -0.570. The molecule has 1 aliphatic rings. The maximum Gasteiger partial charge on any atom is 0.234 e. The van der Waals surface area contributed by atoms with Crippen LogP contribution in [0.3, 0.4) is 0 Å². The number of rotatable bonds is 3. The summed E-state index contributed by atoms with van der Waals surface area (Å²) in [5.41, 5.74) is 0.337. The van der Waals surface area contributed by atoms with Crippen LogP contribution in [0.25, 0.3) is 0 Å². The van der Waals surface area contributed by atoms with Crippen molar-refractivity contribution in [3.63, 3.8) is 0 Å². The molecule has 1 unspecified atom stereocenters. The van der Waals surface area contributed by atoms with Gasteiger partial charge in [-0.05, 0) is 18.9 Å². The van der Waals surface area contributed by atoms with E-state index in [1.807, 2.05) is 0 Å². The van der Waals surface area contributed by atoms with Gasteiger partial charge >= 0.3 is 0 Å². The van der Waals surface area contributed by atoms with E-state index in [4.69, 9.17) is 0 Å². The lowest BCUT2D eigenvalue weighted by Crippen LogP contribution is -2.35. The van der Waals surface area contributed by atoms with Gasteiger partial charge in [-0.2, -0.15) is 0 Å². The van der Waals surface area contributed by atoms with E-state index < -0.39 is 0 Å². The summed E-state index contributed by atoms with van der Waals surface area (Å²) in [5, 5.41) is 5.76. The van der Waals surface area contributed by atoms with Crippen LogP contribution in [0.15, 0.2) is 0 Å². The lowest BCUT2D eigenvalue weighted by atomic mass is 10.2. The normalized spacial score (nSPS) is 26.3. The molecule has 0 spiro atoms. The Labute approximate surface area is 67.5 Å². The molecule has 1 atom stereocenters. The number of amides is 1. The fourth-order valence-corrected chi connectivity index (χ4v) is 1.12. The molecule has 1 rings (SSSR count). The third kappa shape index (κ3) is 2.19. The summed E-state index contributed by atoms with van der Waals surface area (Å²) in [4.78, 5) is 11.0. The van der Waals surface area contributed by atoms with Crippen molar-refractivity contribution in [1.29, 1.82) is 0 Å². The van der Waals surface area contributed by atoms with Gasteiger partial charge in [-0.15, -0.1) is 0 Å². The molecule has 0 heterocycles. The highest BCUT2D eigenvalue weighted by molar-refractivity contribution is 5.78. The standard InChI is InChI=1S/C8H16N2O/c1-8(2)4-6(8)10-7(11)5-9-3/h6,9H,4-5H2,1-3H3,(H,10,11). The summed E-state index contributed by atoms with van der Waals surface area (Å²) in [7, 11) is 1.78. The summed E-state index contributed by atoms with van der Waals surface area (Å²) >= 11 is 0. The fraction of sp³-hybridized carbons (Fsp3) is 0.875. The Morgan fingerprint density at radius 3 is 2.55 bits per heavy atom. The maximum atomic E-state index is 11.0. The average Bonchev–Trinajstić information content (AvgIpc) is 2.39. The third-order valence-corrected chi connectivity index (χ3v) is 2.19. The average molecular weight is 156 g/mol. The van der Waals surface area contributed by atoms with Gasteiger partial charge in [0, 0.05) is 6.04 Å². The Morgan fingerprint density at radius 2 is 2.18 bits per heavy atom. The molecule has 2 N–H and O–H groups in total. The van der Waals surface area contributed by atoms with E-state index in [9.17, 15) is 4.79 Å². The number of hydrogen-bond acceptors (Lipinski definition) is 2. The van der Waals surface area contributed by atoms with Crippen LogP contribution in [0.4, 0.5) is 0 Å². The Morgan fingerprint density at radius 1 is 1.64 bits per heavy atom. The molecule has 0 aromatic rings. The summed E-state index contributed by atoms with van der Waals surface area (Å²) in [5.74, 6) is 0.100. The second kappa shape index (κ2) is 2.81. The minimum atomic E-state index is 0.100. The van der Waals surface area contributed by atoms with Crippen molar-refractivity contribution in [3.05, 3.63) is 0 Å². The number of carbonyl (C=O) groups excluding carboxylic acids is 1. The minimum Gasteiger partial charge on any atom is -0.352 e. The molecule has 1 aliphatic carbocycles. The summed E-state index contributed by atoms with van der Waals surface area (Å²) < 4.78 is 0. The van der Waals surface area contributed by atoms with Gasteiger partial charge in [0.05, 0.1) is 6.54 Å². The van der Waals surface area contributed by atoms with E-state index in [0.717, 1.165) is 6.42 Å². The van der Waals surface area contributed by atoms with Crippen molar-refractivity contribution >= 4 is 5.91 Å². The zero-order chi connectivity index (χ0) is 8.48. The van der Waals surface area contributed by atoms with Gasteiger partial charge < -0.3 is 10.6 Å². The van der Waals surface area contributed by atoms with Crippen LogP contribution in [0, 0.1) is 5.41 Å². The van der Waals surface area contributed by atoms with Gasteiger partial charge in [0.1, 0.15) is 0 Å². The molecule has 0 saturated heterocycles. The van der Waals surface area contributed by atoms with Gasteiger partial charge in [0.25, 0.3) is 0 Å². The number of nitrogens with one attached hydrogen (secondary N) is 2. The molecule has 0 aliphatic heterocycles. The van der Waals surface area contributed by atoms with Crippen LogP contribution in [0.5, 0.6) is 0 Å². The predicted octanol–water partition coefficient (Wildman–Crippen LogP) is 0.120. The number of hydrogen-bond donors (Lipinski definition) is 2. The molecule has 1 amide bonds. The van der Waals surface area contributed by atoms with E-state index >= 15 is 0 Å². The van der Waals surface area contributed by atoms with Gasteiger partial charge in [-0.3, -0.25) is 4.79 Å². The fourth-order valence-electron chi connectivity index (χ4n) is 1.12. The molecule has 0 aromatic heterocycles. The first kappa shape index (κ1) is 8.53. The van der Waals surface area contributed by atoms with E-state index in [1.165, 1.54) is 0 Å². The molecular formula is C8H16N2O. The molecule has 3 nitrogen and oxygen atoms in total. The predicted molar refractivity (Wildman–Crippen MR) is 44.3 cm³/mol. The largest absolute Gasteiger partial charge is 0.352 e. The number of carbonyl (C=O) groups is 1. The summed E-state index contributed by atoms with van der Waals surface area (Å²) in [6, 6.07) is 0.406. The van der Waals surface area contributed by atoms with Crippen LogP contribution in [-0.4, -0.2) is 25.5 Å². The Balaban J connectivity index is 2.18. The Bertz CT molecular complexity index is 165. The quantitative estimate of drug-likeness (QED) is 0.609.